The van der Waals surface area contributed by atoms with E-state index in [0.29, 0.717) is 0 Å². The molecule has 120 valence electrons. The quantitative estimate of drug-likeness (QED) is 0.268. The average Bonchev–Trinajstić information content (AvgIpc) is 2.43. The predicted octanol–water partition coefficient (Wildman–Crippen LogP) is 0.854. The van der Waals surface area contributed by atoms with Crippen molar-refractivity contribution in [1.82, 2.24) is 0 Å². The normalized spacial score (nSPS) is 24.4. The van der Waals surface area contributed by atoms with Crippen LogP contribution in [0, 0.1) is 0 Å². The van der Waals surface area contributed by atoms with Crippen LogP contribution in [0.25, 0.3) is 0 Å². The van der Waals surface area contributed by atoms with Crippen LogP contribution in [0.1, 0.15) is 44.9 Å². The summed E-state index contributed by atoms with van der Waals surface area (Å²) >= 11 is 5.83. The summed E-state index contributed by atoms with van der Waals surface area (Å²) in [6.07, 6.45) is 14.5. The average molecular weight is 424 g/mol. The van der Waals surface area contributed by atoms with Gasteiger partial charge in [-0.1, -0.05) is 12.2 Å². The zero-order valence-electron chi connectivity index (χ0n) is 13.0. The molecule has 0 aromatic heterocycles. The van der Waals surface area contributed by atoms with Gasteiger partial charge in [-0.2, -0.15) is 0 Å². The molecular weight excluding hydrogens is 397 g/mol. The van der Waals surface area contributed by atoms with E-state index >= 15 is 0 Å². The fourth-order valence-corrected chi connectivity index (χ4v) is 3.40. The van der Waals surface area contributed by atoms with E-state index in [1.54, 1.807) is 12.2 Å². The van der Waals surface area contributed by atoms with Gasteiger partial charge in [0.1, 0.15) is 5.38 Å². The first kappa shape index (κ1) is 19.2. The first-order valence-corrected chi connectivity index (χ1v) is 8.43. The SMILES string of the molecule is C[N+]1(CCCCCC2=CC(=O)C(Cl)C=C2)CCCCC1.[I-]. The van der Waals surface area contributed by atoms with E-state index in [9.17, 15) is 4.79 Å². The van der Waals surface area contributed by atoms with Gasteiger partial charge in [0.2, 0.25) is 0 Å². The highest BCUT2D eigenvalue weighted by Crippen LogP contribution is 2.20. The van der Waals surface area contributed by atoms with E-state index in [1.165, 1.54) is 62.6 Å². The van der Waals surface area contributed by atoms with E-state index in [0.717, 1.165) is 12.0 Å². The lowest BCUT2D eigenvalue weighted by Gasteiger charge is -2.37. The van der Waals surface area contributed by atoms with Gasteiger partial charge in [-0.3, -0.25) is 4.79 Å². The topological polar surface area (TPSA) is 17.1 Å². The Morgan fingerprint density at radius 2 is 1.90 bits per heavy atom. The summed E-state index contributed by atoms with van der Waals surface area (Å²) in [4.78, 5) is 11.5. The molecule has 4 heteroatoms. The van der Waals surface area contributed by atoms with Crippen molar-refractivity contribution in [3.63, 3.8) is 0 Å². The molecule has 1 saturated heterocycles. The van der Waals surface area contributed by atoms with Crippen LogP contribution in [0.5, 0.6) is 0 Å². The van der Waals surface area contributed by atoms with Crippen molar-refractivity contribution in [3.8, 4) is 0 Å². The van der Waals surface area contributed by atoms with Gasteiger partial charge >= 0.3 is 0 Å². The maximum absolute atomic E-state index is 11.5. The van der Waals surface area contributed by atoms with E-state index in [4.69, 9.17) is 11.6 Å². The zero-order valence-corrected chi connectivity index (χ0v) is 15.9. The Morgan fingerprint density at radius 1 is 1.19 bits per heavy atom. The molecular formula is C17H27ClINO. The number of alkyl halides is 1. The van der Waals surface area contributed by atoms with E-state index in [-0.39, 0.29) is 29.8 Å². The summed E-state index contributed by atoms with van der Waals surface area (Å²) in [5.74, 6) is 0.0375. The third kappa shape index (κ3) is 6.41. The fraction of sp³-hybridized carbons (Fsp3) is 0.706. The first-order chi connectivity index (χ1) is 9.59. The van der Waals surface area contributed by atoms with Crippen LogP contribution < -0.4 is 24.0 Å². The molecule has 0 aromatic carbocycles. The molecule has 0 bridgehead atoms. The minimum atomic E-state index is -0.442. The second-order valence-corrected chi connectivity index (χ2v) is 7.01. The summed E-state index contributed by atoms with van der Waals surface area (Å²) in [6.45, 7) is 4.04. The third-order valence-corrected chi connectivity index (χ3v) is 5.00. The zero-order chi connectivity index (χ0) is 14.4. The van der Waals surface area contributed by atoms with Crippen LogP contribution in [0.4, 0.5) is 0 Å². The van der Waals surface area contributed by atoms with Crippen molar-refractivity contribution in [2.75, 3.05) is 26.7 Å². The predicted molar refractivity (Wildman–Crippen MR) is 85.0 cm³/mol. The Labute approximate surface area is 151 Å². The molecule has 0 aromatic rings. The van der Waals surface area contributed by atoms with Gasteiger partial charge in [-0.05, 0) is 56.6 Å². The molecule has 2 nitrogen and oxygen atoms in total. The standard InChI is InChI=1S/C17H27ClNO.HI/c1-19(12-6-3-7-13-19)11-5-2-4-8-15-9-10-16(18)17(20)14-15;/h9-10,14,16H,2-8,11-13H2,1H3;1H/q+1;/p-1. The van der Waals surface area contributed by atoms with Gasteiger partial charge in [0.15, 0.2) is 5.78 Å². The molecule has 1 aliphatic heterocycles. The van der Waals surface area contributed by atoms with Gasteiger partial charge < -0.3 is 28.5 Å². The van der Waals surface area contributed by atoms with Gasteiger partial charge in [-0.25, -0.2) is 0 Å². The number of allylic oxidation sites excluding steroid dienone is 4. The number of unbranched alkanes of at least 4 members (excludes halogenated alkanes) is 2. The minimum Gasteiger partial charge on any atom is -1.00 e. The van der Waals surface area contributed by atoms with Crippen molar-refractivity contribution in [3.05, 3.63) is 23.8 Å². The van der Waals surface area contributed by atoms with Crippen molar-refractivity contribution in [2.45, 2.75) is 50.3 Å². The Morgan fingerprint density at radius 3 is 2.57 bits per heavy atom. The molecule has 1 heterocycles. The molecule has 0 amide bonds. The number of carbonyl (C=O) groups excluding carboxylic acids is 1. The lowest BCUT2D eigenvalue weighted by atomic mass is 10.00. The highest BCUT2D eigenvalue weighted by molar-refractivity contribution is 6.34. The van der Waals surface area contributed by atoms with E-state index in [2.05, 4.69) is 7.05 Å². The second-order valence-electron chi connectivity index (χ2n) is 6.54. The van der Waals surface area contributed by atoms with Crippen molar-refractivity contribution in [1.29, 1.82) is 0 Å². The number of quaternary nitrogens is 1. The maximum atomic E-state index is 11.5. The fourth-order valence-electron chi connectivity index (χ4n) is 3.27. The summed E-state index contributed by atoms with van der Waals surface area (Å²) < 4.78 is 1.27. The molecule has 1 fully saturated rings. The van der Waals surface area contributed by atoms with E-state index in [1.807, 2.05) is 6.08 Å². The summed E-state index contributed by atoms with van der Waals surface area (Å²) in [5.41, 5.74) is 1.14. The number of ketones is 1. The number of carbonyl (C=O) groups is 1. The van der Waals surface area contributed by atoms with Gasteiger partial charge in [0, 0.05) is 0 Å². The monoisotopic (exact) mass is 423 g/mol. The molecule has 2 aliphatic rings. The van der Waals surface area contributed by atoms with Crippen LogP contribution in [0.15, 0.2) is 23.8 Å². The molecule has 0 spiro atoms. The number of likely N-dealkylation sites (tertiary alicyclic amines) is 1. The van der Waals surface area contributed by atoms with Crippen molar-refractivity contribution >= 4 is 17.4 Å². The molecule has 0 saturated carbocycles. The lowest BCUT2D eigenvalue weighted by Crippen LogP contribution is -3.00. The summed E-state index contributed by atoms with van der Waals surface area (Å²) in [6, 6.07) is 0. The lowest BCUT2D eigenvalue weighted by molar-refractivity contribution is -0.914. The van der Waals surface area contributed by atoms with Gasteiger partial charge in [0.25, 0.3) is 0 Å². The molecule has 1 atom stereocenters. The smallest absolute Gasteiger partial charge is 0.177 e. The van der Waals surface area contributed by atoms with Crippen LogP contribution in [-0.2, 0) is 4.79 Å². The number of nitrogens with zero attached hydrogens (tertiary/aromatic N) is 1. The molecule has 2 rings (SSSR count). The minimum absolute atomic E-state index is 0. The molecule has 0 N–H and O–H groups in total. The number of halogens is 2. The summed E-state index contributed by atoms with van der Waals surface area (Å²) in [7, 11) is 2.41. The highest BCUT2D eigenvalue weighted by Gasteiger charge is 2.23. The maximum Gasteiger partial charge on any atom is 0.177 e. The van der Waals surface area contributed by atoms with Gasteiger partial charge in [-0.15, -0.1) is 11.6 Å². The number of piperidine rings is 1. The third-order valence-electron chi connectivity index (χ3n) is 4.64. The first-order valence-electron chi connectivity index (χ1n) is 7.99. The van der Waals surface area contributed by atoms with Crippen LogP contribution in [0.2, 0.25) is 0 Å². The molecule has 21 heavy (non-hydrogen) atoms. The van der Waals surface area contributed by atoms with Crippen LogP contribution in [-0.4, -0.2) is 42.3 Å². The van der Waals surface area contributed by atoms with Crippen molar-refractivity contribution < 1.29 is 33.3 Å². The summed E-state index contributed by atoms with van der Waals surface area (Å²) in [5, 5.41) is -0.442. The Bertz CT molecular complexity index is 400. The highest BCUT2D eigenvalue weighted by atomic mass is 127. The molecule has 0 radical (unpaired) electrons. The van der Waals surface area contributed by atoms with Crippen LogP contribution >= 0.6 is 11.6 Å². The Kier molecular flexibility index (Phi) is 8.50. The largest absolute Gasteiger partial charge is 1.00 e. The van der Waals surface area contributed by atoms with Crippen molar-refractivity contribution in [2.24, 2.45) is 0 Å². The van der Waals surface area contributed by atoms with E-state index < -0.39 is 5.38 Å². The Hall–Kier alpha value is 0.130. The van der Waals surface area contributed by atoms with Crippen LogP contribution in [0.3, 0.4) is 0 Å². The number of rotatable bonds is 6. The molecule has 1 aliphatic carbocycles. The number of hydrogen-bond donors (Lipinski definition) is 0. The second kappa shape index (κ2) is 9.31. The van der Waals surface area contributed by atoms with Gasteiger partial charge in [0.05, 0.1) is 26.7 Å². The number of hydrogen-bond acceptors (Lipinski definition) is 1. The molecule has 1 unspecified atom stereocenters. The Balaban J connectivity index is 0.00000220.